The van der Waals surface area contributed by atoms with Crippen molar-refractivity contribution in [1.82, 2.24) is 4.90 Å². The van der Waals surface area contributed by atoms with Crippen LogP contribution in [-0.4, -0.2) is 56.1 Å². The van der Waals surface area contributed by atoms with E-state index in [1.807, 2.05) is 42.3 Å². The van der Waals surface area contributed by atoms with Gasteiger partial charge >= 0.3 is 5.97 Å². The van der Waals surface area contributed by atoms with Gasteiger partial charge in [-0.2, -0.15) is 0 Å². The Morgan fingerprint density at radius 2 is 1.76 bits per heavy atom. The molecule has 0 saturated carbocycles. The van der Waals surface area contributed by atoms with Gasteiger partial charge in [0.1, 0.15) is 9.75 Å². The normalized spacial score (nSPS) is 13.3. The molecule has 1 saturated heterocycles. The van der Waals surface area contributed by atoms with E-state index in [0.717, 1.165) is 72.3 Å². The van der Waals surface area contributed by atoms with Gasteiger partial charge in [0, 0.05) is 51.8 Å². The van der Waals surface area contributed by atoms with Crippen molar-refractivity contribution in [3.05, 3.63) is 109 Å². The summed E-state index contributed by atoms with van der Waals surface area (Å²) in [6.07, 6.45) is 0.837. The molecule has 5 aromatic rings. The van der Waals surface area contributed by atoms with E-state index in [1.54, 1.807) is 11.9 Å². The first-order valence-electron chi connectivity index (χ1n) is 15.1. The van der Waals surface area contributed by atoms with Crippen LogP contribution in [0, 0.1) is 6.92 Å². The van der Waals surface area contributed by atoms with Crippen molar-refractivity contribution in [1.29, 1.82) is 0 Å². The van der Waals surface area contributed by atoms with Crippen molar-refractivity contribution in [2.24, 2.45) is 0 Å². The number of amides is 1. The summed E-state index contributed by atoms with van der Waals surface area (Å²) in [5, 5.41) is 3.74. The number of anilines is 2. The molecule has 3 aromatic carbocycles. The number of piperazine rings is 1. The number of carbonyl (C=O) groups is 2. The average Bonchev–Trinajstić information content (AvgIpc) is 3.66. The van der Waals surface area contributed by atoms with Crippen molar-refractivity contribution in [2.45, 2.75) is 25.2 Å². The number of fused-ring (bicyclic) bond motifs is 1. The second kappa shape index (κ2) is 14.8. The molecule has 1 fully saturated rings. The minimum atomic E-state index is -0.265. The Morgan fingerprint density at radius 1 is 1.00 bits per heavy atom. The van der Waals surface area contributed by atoms with Crippen molar-refractivity contribution < 1.29 is 14.3 Å². The Bertz CT molecular complexity index is 1850. The standard InChI is InChI=1S/C35H33BrClN3O3S3/c1-3-43-35(42)32-23(2)27-22-26(12-13-31(27)45-32)46-40(16-14-24-8-10-25(37)11-9-24)30-7-5-4-6-29(30)38-17-19-39(20-18-38)34(41)33-28(36)15-21-44-33/h4-13,15,21-22H,3,14,16-20H2,1-2H3. The highest BCUT2D eigenvalue weighted by Gasteiger charge is 2.27. The lowest BCUT2D eigenvalue weighted by Crippen LogP contribution is -2.49. The molecule has 3 heterocycles. The number of halogens is 2. The summed E-state index contributed by atoms with van der Waals surface area (Å²) >= 11 is 14.4. The summed E-state index contributed by atoms with van der Waals surface area (Å²) in [7, 11) is 0. The highest BCUT2D eigenvalue weighted by Crippen LogP contribution is 2.40. The van der Waals surface area contributed by atoms with Crippen LogP contribution < -0.4 is 9.21 Å². The fourth-order valence-electron chi connectivity index (χ4n) is 5.56. The molecule has 0 unspecified atom stereocenters. The summed E-state index contributed by atoms with van der Waals surface area (Å²) in [6, 6.07) is 24.9. The number of aryl methyl sites for hydroxylation is 1. The molecule has 1 aliphatic rings. The summed E-state index contributed by atoms with van der Waals surface area (Å²) < 4.78 is 9.60. The van der Waals surface area contributed by atoms with Crippen molar-refractivity contribution in [3.8, 4) is 0 Å². The number of thiophene rings is 2. The van der Waals surface area contributed by atoms with Gasteiger partial charge in [-0.25, -0.2) is 4.79 Å². The van der Waals surface area contributed by atoms with E-state index in [1.165, 1.54) is 28.2 Å². The molecule has 1 amide bonds. The zero-order valence-electron chi connectivity index (χ0n) is 25.5. The zero-order chi connectivity index (χ0) is 32.2. The summed E-state index contributed by atoms with van der Waals surface area (Å²) in [5.41, 5.74) is 4.43. The maximum absolute atomic E-state index is 13.2. The number of benzene rings is 3. The van der Waals surface area contributed by atoms with E-state index >= 15 is 0 Å². The van der Waals surface area contributed by atoms with Crippen LogP contribution in [0.1, 0.15) is 37.4 Å². The Morgan fingerprint density at radius 3 is 2.48 bits per heavy atom. The van der Waals surface area contributed by atoms with E-state index < -0.39 is 0 Å². The highest BCUT2D eigenvalue weighted by atomic mass is 79.9. The monoisotopic (exact) mass is 753 g/mol. The van der Waals surface area contributed by atoms with Crippen molar-refractivity contribution in [2.75, 3.05) is 48.5 Å². The molecular weight excluding hydrogens is 722 g/mol. The Balaban J connectivity index is 1.27. The third kappa shape index (κ3) is 7.26. The second-order valence-corrected chi connectivity index (χ2v) is 15.2. The number of ether oxygens (including phenoxy) is 1. The largest absolute Gasteiger partial charge is 0.462 e. The molecule has 46 heavy (non-hydrogen) atoms. The fraction of sp³-hybridized carbons (Fsp3) is 0.257. The average molecular weight is 755 g/mol. The number of hydrogen-bond acceptors (Lipinski definition) is 8. The Kier molecular flexibility index (Phi) is 10.6. The van der Waals surface area contributed by atoms with Gasteiger partial charge < -0.3 is 18.8 Å². The van der Waals surface area contributed by atoms with Crippen LogP contribution in [-0.2, 0) is 11.2 Å². The third-order valence-corrected chi connectivity index (χ3v) is 12.4. The minimum Gasteiger partial charge on any atom is -0.462 e. The number of carbonyl (C=O) groups excluding carboxylic acids is 2. The van der Waals surface area contributed by atoms with Crippen LogP contribution in [0.4, 0.5) is 11.4 Å². The molecular formula is C35H33BrClN3O3S3. The van der Waals surface area contributed by atoms with E-state index in [2.05, 4.69) is 79.7 Å². The van der Waals surface area contributed by atoms with Crippen LogP contribution >= 0.6 is 62.2 Å². The molecule has 0 N–H and O–H groups in total. The molecule has 0 bridgehead atoms. The van der Waals surface area contributed by atoms with E-state index in [-0.39, 0.29) is 11.9 Å². The highest BCUT2D eigenvalue weighted by molar-refractivity contribution is 9.10. The summed E-state index contributed by atoms with van der Waals surface area (Å²) in [4.78, 5) is 32.6. The Hall–Kier alpha value is -3.02. The molecule has 11 heteroatoms. The first kappa shape index (κ1) is 32.9. The first-order valence-corrected chi connectivity index (χ1v) is 18.7. The van der Waals surface area contributed by atoms with Gasteiger partial charge in [-0.05, 0) is 119 Å². The van der Waals surface area contributed by atoms with E-state index in [4.69, 9.17) is 16.3 Å². The van der Waals surface area contributed by atoms with Crippen LogP contribution in [0.15, 0.2) is 87.5 Å². The quantitative estimate of drug-likeness (QED) is 0.105. The number of hydrogen-bond donors (Lipinski definition) is 0. The minimum absolute atomic E-state index is 0.0835. The lowest BCUT2D eigenvalue weighted by atomic mass is 10.1. The van der Waals surface area contributed by atoms with Crippen molar-refractivity contribution >= 4 is 95.5 Å². The number of nitrogens with zero attached hydrogens (tertiary/aromatic N) is 3. The first-order chi connectivity index (χ1) is 22.3. The van der Waals surface area contributed by atoms with Gasteiger partial charge in [0.2, 0.25) is 0 Å². The van der Waals surface area contributed by atoms with Gasteiger partial charge in [0.15, 0.2) is 0 Å². The number of para-hydroxylation sites is 2. The predicted molar refractivity (Wildman–Crippen MR) is 197 cm³/mol. The molecule has 6 rings (SSSR count). The smallest absolute Gasteiger partial charge is 0.348 e. The van der Waals surface area contributed by atoms with Crippen LogP contribution in [0.25, 0.3) is 10.1 Å². The molecule has 238 valence electrons. The van der Waals surface area contributed by atoms with Crippen LogP contribution in [0.2, 0.25) is 5.02 Å². The lowest BCUT2D eigenvalue weighted by Gasteiger charge is -2.38. The molecule has 6 nitrogen and oxygen atoms in total. The second-order valence-electron chi connectivity index (χ2n) is 10.9. The SMILES string of the molecule is CCOC(=O)c1sc2ccc(SN(CCc3ccc(Cl)cc3)c3ccccc3N3CCN(C(=O)c4sccc4Br)CC3)cc2c1C. The van der Waals surface area contributed by atoms with Gasteiger partial charge in [0.25, 0.3) is 5.91 Å². The maximum atomic E-state index is 13.2. The molecule has 2 aromatic heterocycles. The molecule has 0 spiro atoms. The van der Waals surface area contributed by atoms with Gasteiger partial charge in [-0.15, -0.1) is 22.7 Å². The van der Waals surface area contributed by atoms with Gasteiger partial charge in [-0.1, -0.05) is 35.9 Å². The van der Waals surface area contributed by atoms with Crippen LogP contribution in [0.5, 0.6) is 0 Å². The molecule has 0 atom stereocenters. The van der Waals surface area contributed by atoms with Crippen LogP contribution in [0.3, 0.4) is 0 Å². The van der Waals surface area contributed by atoms with E-state index in [0.29, 0.717) is 24.6 Å². The Labute approximate surface area is 295 Å². The number of esters is 1. The summed E-state index contributed by atoms with van der Waals surface area (Å²) in [5.74, 6) is -0.182. The molecule has 0 aliphatic carbocycles. The zero-order valence-corrected chi connectivity index (χ0v) is 30.3. The van der Waals surface area contributed by atoms with E-state index in [9.17, 15) is 9.59 Å². The predicted octanol–water partition coefficient (Wildman–Crippen LogP) is 9.58. The number of rotatable bonds is 10. The fourth-order valence-corrected chi connectivity index (χ4v) is 9.26. The van der Waals surface area contributed by atoms with Crippen molar-refractivity contribution in [3.63, 3.8) is 0 Å². The molecule has 1 aliphatic heterocycles. The van der Waals surface area contributed by atoms with Gasteiger partial charge in [0.05, 0.1) is 18.0 Å². The third-order valence-electron chi connectivity index (χ3n) is 7.97. The summed E-state index contributed by atoms with van der Waals surface area (Å²) in [6.45, 7) is 7.76. The van der Waals surface area contributed by atoms with Gasteiger partial charge in [-0.3, -0.25) is 4.79 Å². The topological polar surface area (TPSA) is 53.1 Å². The lowest BCUT2D eigenvalue weighted by molar-refractivity contribution is 0.0531. The maximum Gasteiger partial charge on any atom is 0.348 e. The molecule has 0 radical (unpaired) electrons.